The summed E-state index contributed by atoms with van der Waals surface area (Å²) in [6.45, 7) is 1.88. The number of ketones is 1. The number of anilines is 1. The smallest absolute Gasteiger partial charge is 0.195 e. The Balaban J connectivity index is 2.35. The molecule has 0 atom stereocenters. The Morgan fingerprint density at radius 2 is 2.04 bits per heavy atom. The quantitative estimate of drug-likeness (QED) is 0.386. The molecule has 0 spiro atoms. The minimum Gasteiger partial charge on any atom is -0.496 e. The lowest BCUT2D eigenvalue weighted by Crippen LogP contribution is -2.09. The van der Waals surface area contributed by atoms with Crippen LogP contribution in [0.5, 0.6) is 11.5 Å². The van der Waals surface area contributed by atoms with Crippen molar-refractivity contribution in [3.8, 4) is 17.6 Å². The normalized spacial score (nSPS) is 10.9. The number of carbonyl (C=O) groups excluding carboxylic acids is 1. The molecule has 2 rings (SSSR count). The number of nitriles is 1. The standard InChI is InChI=1S/C19H20N4O4S/c1-12-5-15(26-3)19(16(6-12)27-11-25-2)14(24)7-18(28-4)23-17-10-21-13(8-20)9-22-17/h5-7,9-10H,11H2,1-4H3,(H,22,23). The van der Waals surface area contributed by atoms with Crippen molar-refractivity contribution in [1.29, 1.82) is 5.26 Å². The molecule has 1 aromatic heterocycles. The van der Waals surface area contributed by atoms with Gasteiger partial charge in [-0.05, 0) is 30.9 Å². The van der Waals surface area contributed by atoms with E-state index in [4.69, 9.17) is 19.5 Å². The maximum Gasteiger partial charge on any atom is 0.195 e. The van der Waals surface area contributed by atoms with Crippen LogP contribution in [0.1, 0.15) is 21.6 Å². The number of thioether (sulfide) groups is 1. The van der Waals surface area contributed by atoms with Gasteiger partial charge in [0.25, 0.3) is 0 Å². The number of methoxy groups -OCH3 is 2. The van der Waals surface area contributed by atoms with E-state index in [-0.39, 0.29) is 18.3 Å². The van der Waals surface area contributed by atoms with Crippen LogP contribution in [0.15, 0.2) is 35.6 Å². The first kappa shape index (κ1) is 21.2. The van der Waals surface area contributed by atoms with Gasteiger partial charge in [0.05, 0.1) is 24.5 Å². The minimum atomic E-state index is -0.304. The van der Waals surface area contributed by atoms with Crippen molar-refractivity contribution in [1.82, 2.24) is 9.97 Å². The minimum absolute atomic E-state index is 0.00503. The number of aryl methyl sites for hydroxylation is 1. The number of ether oxygens (including phenoxy) is 3. The van der Waals surface area contributed by atoms with Crippen LogP contribution in [-0.2, 0) is 4.74 Å². The molecule has 0 aliphatic heterocycles. The Labute approximate surface area is 167 Å². The summed E-state index contributed by atoms with van der Waals surface area (Å²) in [7, 11) is 3.00. The summed E-state index contributed by atoms with van der Waals surface area (Å²) in [5.41, 5.74) is 1.39. The Morgan fingerprint density at radius 1 is 1.29 bits per heavy atom. The number of hydrogen-bond donors (Lipinski definition) is 1. The third-order valence-electron chi connectivity index (χ3n) is 3.51. The first-order valence-corrected chi connectivity index (χ1v) is 9.34. The number of nitrogens with one attached hydrogen (secondary N) is 1. The van der Waals surface area contributed by atoms with Crippen LogP contribution in [0.3, 0.4) is 0 Å². The number of aromatic nitrogens is 2. The van der Waals surface area contributed by atoms with Gasteiger partial charge in [0.1, 0.15) is 28.9 Å². The van der Waals surface area contributed by atoms with E-state index < -0.39 is 0 Å². The largest absolute Gasteiger partial charge is 0.496 e. The zero-order chi connectivity index (χ0) is 20.5. The molecule has 0 radical (unpaired) electrons. The Bertz CT molecular complexity index is 907. The third-order valence-corrected chi connectivity index (χ3v) is 4.17. The second-order valence-corrected chi connectivity index (χ2v) is 6.34. The molecular weight excluding hydrogens is 380 g/mol. The molecule has 9 heteroatoms. The molecule has 0 bridgehead atoms. The SMILES string of the molecule is COCOc1cc(C)cc(OC)c1C(=O)C=C(Nc1cnc(C#N)cn1)SC. The topological polar surface area (TPSA) is 106 Å². The number of carbonyl (C=O) groups is 1. The lowest BCUT2D eigenvalue weighted by molar-refractivity contribution is 0.0501. The van der Waals surface area contributed by atoms with Gasteiger partial charge < -0.3 is 19.5 Å². The van der Waals surface area contributed by atoms with Crippen molar-refractivity contribution in [2.45, 2.75) is 6.92 Å². The molecule has 1 N–H and O–H groups in total. The predicted molar refractivity (Wildman–Crippen MR) is 107 cm³/mol. The van der Waals surface area contributed by atoms with Crippen LogP contribution >= 0.6 is 11.8 Å². The highest BCUT2D eigenvalue weighted by Gasteiger charge is 2.19. The molecule has 0 saturated heterocycles. The molecule has 0 aliphatic rings. The molecule has 0 saturated carbocycles. The van der Waals surface area contributed by atoms with Crippen molar-refractivity contribution in [3.05, 3.63) is 52.5 Å². The van der Waals surface area contributed by atoms with E-state index in [1.54, 1.807) is 12.1 Å². The molecule has 28 heavy (non-hydrogen) atoms. The van der Waals surface area contributed by atoms with Gasteiger partial charge >= 0.3 is 0 Å². The molecular formula is C19H20N4O4S. The maximum absolute atomic E-state index is 13.0. The number of nitrogens with zero attached hydrogens (tertiary/aromatic N) is 3. The number of benzene rings is 1. The molecule has 146 valence electrons. The molecule has 0 amide bonds. The van der Waals surface area contributed by atoms with Gasteiger partial charge in [0, 0.05) is 13.2 Å². The fourth-order valence-electron chi connectivity index (χ4n) is 2.27. The fraction of sp³-hybridized carbons (Fsp3) is 0.263. The summed E-state index contributed by atoms with van der Waals surface area (Å²) < 4.78 is 15.9. The second kappa shape index (κ2) is 10.3. The van der Waals surface area contributed by atoms with Gasteiger partial charge in [-0.2, -0.15) is 5.26 Å². The predicted octanol–water partition coefficient (Wildman–Crippen LogP) is 3.15. The number of hydrogen-bond acceptors (Lipinski definition) is 9. The zero-order valence-corrected chi connectivity index (χ0v) is 16.8. The van der Waals surface area contributed by atoms with Crippen LogP contribution < -0.4 is 14.8 Å². The number of rotatable bonds is 9. The highest BCUT2D eigenvalue weighted by molar-refractivity contribution is 8.02. The fourth-order valence-corrected chi connectivity index (χ4v) is 2.71. The molecule has 0 unspecified atom stereocenters. The first-order chi connectivity index (χ1) is 13.5. The molecule has 0 aliphatic carbocycles. The summed E-state index contributed by atoms with van der Waals surface area (Å²) >= 11 is 1.33. The van der Waals surface area contributed by atoms with E-state index in [2.05, 4.69) is 15.3 Å². The summed E-state index contributed by atoms with van der Waals surface area (Å²) in [6.07, 6.45) is 6.02. The van der Waals surface area contributed by atoms with E-state index in [9.17, 15) is 4.79 Å². The van der Waals surface area contributed by atoms with E-state index >= 15 is 0 Å². The van der Waals surface area contributed by atoms with Gasteiger partial charge in [-0.15, -0.1) is 11.8 Å². The van der Waals surface area contributed by atoms with Gasteiger partial charge in [-0.25, -0.2) is 9.97 Å². The molecule has 0 fully saturated rings. The van der Waals surface area contributed by atoms with Crippen molar-refractivity contribution in [3.63, 3.8) is 0 Å². The van der Waals surface area contributed by atoms with Gasteiger partial charge in [-0.1, -0.05) is 0 Å². The molecule has 8 nitrogen and oxygen atoms in total. The summed E-state index contributed by atoms with van der Waals surface area (Å²) in [5.74, 6) is 0.894. The highest BCUT2D eigenvalue weighted by atomic mass is 32.2. The van der Waals surface area contributed by atoms with Crippen molar-refractivity contribution in [2.24, 2.45) is 0 Å². The lowest BCUT2D eigenvalue weighted by Gasteiger charge is -2.14. The van der Waals surface area contributed by atoms with Crippen molar-refractivity contribution >= 4 is 23.4 Å². The summed E-state index contributed by atoms with van der Waals surface area (Å²) in [4.78, 5) is 21.0. The van der Waals surface area contributed by atoms with Crippen LogP contribution in [0, 0.1) is 18.3 Å². The van der Waals surface area contributed by atoms with Gasteiger partial charge in [0.2, 0.25) is 0 Å². The van der Waals surface area contributed by atoms with Crippen LogP contribution in [0.4, 0.5) is 5.82 Å². The molecule has 1 heterocycles. The van der Waals surface area contributed by atoms with Crippen molar-refractivity contribution < 1.29 is 19.0 Å². The third kappa shape index (κ3) is 5.45. The monoisotopic (exact) mass is 400 g/mol. The first-order valence-electron chi connectivity index (χ1n) is 8.12. The van der Waals surface area contributed by atoms with E-state index in [1.165, 1.54) is 44.5 Å². The van der Waals surface area contributed by atoms with Crippen molar-refractivity contribution in [2.75, 3.05) is 32.6 Å². The van der Waals surface area contributed by atoms with E-state index in [0.717, 1.165) is 5.56 Å². The summed E-state index contributed by atoms with van der Waals surface area (Å²) in [6, 6.07) is 5.42. The second-order valence-electron chi connectivity index (χ2n) is 5.49. The number of allylic oxidation sites excluding steroid dienone is 1. The molecule has 2 aromatic rings. The van der Waals surface area contributed by atoms with E-state index in [0.29, 0.717) is 27.9 Å². The average Bonchev–Trinajstić information content (AvgIpc) is 2.71. The Morgan fingerprint density at radius 3 is 2.61 bits per heavy atom. The van der Waals surface area contributed by atoms with Crippen LogP contribution in [0.2, 0.25) is 0 Å². The van der Waals surface area contributed by atoms with Gasteiger partial charge in [0.15, 0.2) is 18.3 Å². The van der Waals surface area contributed by atoms with Crippen LogP contribution in [0.25, 0.3) is 0 Å². The maximum atomic E-state index is 13.0. The Kier molecular flexibility index (Phi) is 7.80. The molecule has 1 aromatic carbocycles. The van der Waals surface area contributed by atoms with E-state index in [1.807, 2.05) is 19.2 Å². The van der Waals surface area contributed by atoms with Crippen LogP contribution in [-0.4, -0.2) is 43.0 Å². The average molecular weight is 400 g/mol. The highest BCUT2D eigenvalue weighted by Crippen LogP contribution is 2.32. The summed E-state index contributed by atoms with van der Waals surface area (Å²) in [5, 5.41) is 12.3. The Hall–Kier alpha value is -3.09. The van der Waals surface area contributed by atoms with Gasteiger partial charge in [-0.3, -0.25) is 4.79 Å². The lowest BCUT2D eigenvalue weighted by atomic mass is 10.1. The zero-order valence-electron chi connectivity index (χ0n) is 16.0.